The highest BCUT2D eigenvalue weighted by molar-refractivity contribution is 6.12. The minimum absolute atomic E-state index is 0.0120. The number of Topliss-reactive ketones (excluding diaryl/α,β-unsaturated/α-hetero) is 1. The maximum Gasteiger partial charge on any atom is 0.407 e. The van der Waals surface area contributed by atoms with Crippen LogP contribution in [0, 0.1) is 34.0 Å². The lowest BCUT2D eigenvalue weighted by Gasteiger charge is -2.70. The number of aliphatic hydroxyl groups is 2. The standard InChI is InChI=1S/C57H63N5O17/c1-53-20-19-36(64)21-34(53)9-12-37-38-22-42-57(41(66)26-63,54(38,2)24-40(65)49(37)53)78-51(77-42)33-7-3-31(4-8-33)23-55-28-56(29-55,30-55)61-52(75)76-27-32-5-10-35(11-6-32)59-50(74)39(13-17-47(71)72)60-44(68)25-58-43(67)14-18-48(73)79-62-45(69)15-16-46(62)70/h3-8,10-11,15-16,19-21,37-40,42,49,51,63,65H,9,12-14,17-18,22-30H2,1-2H3,(H,58,67)(H,59,74)(H,60,68)(H,61,75)(H,71,72)/t37-,38-,39-,40-,42+,49+,51+,53-,54-,55?,56?,57+/m0/s1. The van der Waals surface area contributed by atoms with Crippen molar-refractivity contribution in [3.05, 3.63) is 101 Å². The average Bonchev–Trinajstić information content (AvgIpc) is 3.75. The van der Waals surface area contributed by atoms with Crippen molar-refractivity contribution in [2.45, 2.75) is 133 Å². The van der Waals surface area contributed by atoms with Gasteiger partial charge in [0.25, 0.3) is 11.8 Å². The summed E-state index contributed by atoms with van der Waals surface area (Å²) in [5.74, 6) is -6.86. The van der Waals surface area contributed by atoms with Gasteiger partial charge in [-0.2, -0.15) is 0 Å². The van der Waals surface area contributed by atoms with E-state index in [0.717, 1.165) is 67.4 Å². The van der Waals surface area contributed by atoms with Crippen LogP contribution in [0.1, 0.15) is 107 Å². The molecule has 2 aromatic carbocycles. The number of carboxylic acids is 1. The highest BCUT2D eigenvalue weighted by Crippen LogP contribution is 2.71. The Labute approximate surface area is 453 Å². The Kier molecular flexibility index (Phi) is 14.6. The molecule has 0 spiro atoms. The number of ether oxygens (including phenoxy) is 3. The molecule has 9 aliphatic rings. The number of alkyl carbamates (subject to hydrolysis) is 1. The third-order valence-electron chi connectivity index (χ3n) is 18.0. The largest absolute Gasteiger partial charge is 0.481 e. The first-order valence-corrected chi connectivity index (χ1v) is 26.7. The molecule has 79 heavy (non-hydrogen) atoms. The molecule has 22 nitrogen and oxygen atoms in total. The third kappa shape index (κ3) is 10.3. The maximum atomic E-state index is 14.0. The van der Waals surface area contributed by atoms with E-state index in [9.17, 15) is 63.3 Å². The molecule has 2 aliphatic heterocycles. The van der Waals surface area contributed by atoms with Gasteiger partial charge in [0.15, 0.2) is 23.5 Å². The number of aliphatic carboxylic acids is 1. The van der Waals surface area contributed by atoms with Crippen LogP contribution in [0.15, 0.2) is 84.5 Å². The fraction of sp³-hybridized carbons (Fsp3) is 0.509. The molecule has 7 fully saturated rings. The highest BCUT2D eigenvalue weighted by atomic mass is 16.7. The zero-order valence-electron chi connectivity index (χ0n) is 43.7. The molecule has 11 rings (SSSR count). The molecule has 10 atom stereocenters. The van der Waals surface area contributed by atoms with Gasteiger partial charge in [-0.15, -0.1) is 0 Å². The molecule has 6 saturated carbocycles. The predicted molar refractivity (Wildman–Crippen MR) is 273 cm³/mol. The number of hydroxylamine groups is 2. The fourth-order valence-electron chi connectivity index (χ4n) is 14.6. The van der Waals surface area contributed by atoms with Crippen molar-refractivity contribution in [1.29, 1.82) is 0 Å². The van der Waals surface area contributed by atoms with Crippen molar-refractivity contribution >= 4 is 64.8 Å². The van der Waals surface area contributed by atoms with Crippen LogP contribution in [0.2, 0.25) is 0 Å². The number of carbonyl (C=O) groups excluding carboxylic acids is 9. The lowest BCUT2D eigenvalue weighted by atomic mass is 9.38. The lowest BCUT2D eigenvalue weighted by molar-refractivity contribution is -0.201. The van der Waals surface area contributed by atoms with Gasteiger partial charge in [0.1, 0.15) is 19.3 Å². The van der Waals surface area contributed by atoms with E-state index in [1.54, 1.807) is 36.4 Å². The quantitative estimate of drug-likeness (QED) is 0.0936. The molecule has 2 heterocycles. The number of allylic oxidation sites excluding steroid dienone is 4. The van der Waals surface area contributed by atoms with E-state index < -0.39 is 127 Å². The number of hydrogen-bond donors (Lipinski definition) is 7. The van der Waals surface area contributed by atoms with Gasteiger partial charge in [0.05, 0.1) is 25.2 Å². The monoisotopic (exact) mass is 1090 g/mol. The lowest BCUT2D eigenvalue weighted by Crippen LogP contribution is -2.75. The van der Waals surface area contributed by atoms with Crippen molar-refractivity contribution in [3.63, 3.8) is 0 Å². The van der Waals surface area contributed by atoms with Crippen molar-refractivity contribution in [3.8, 4) is 0 Å². The average molecular weight is 1090 g/mol. The van der Waals surface area contributed by atoms with Crippen molar-refractivity contribution in [2.24, 2.45) is 34.0 Å². The second-order valence-electron chi connectivity index (χ2n) is 23.1. The first-order valence-electron chi connectivity index (χ1n) is 26.7. The van der Waals surface area contributed by atoms with E-state index >= 15 is 0 Å². The van der Waals surface area contributed by atoms with Crippen molar-refractivity contribution < 1.29 is 82.3 Å². The van der Waals surface area contributed by atoms with Gasteiger partial charge in [0, 0.05) is 58.5 Å². The van der Waals surface area contributed by atoms with Crippen LogP contribution in [0.3, 0.4) is 0 Å². The molecule has 2 aromatic rings. The molecule has 7 aliphatic carbocycles. The summed E-state index contributed by atoms with van der Waals surface area (Å²) < 4.78 is 19.0. The zero-order valence-corrected chi connectivity index (χ0v) is 43.7. The zero-order chi connectivity index (χ0) is 56.2. The Hall–Kier alpha value is -7.40. The van der Waals surface area contributed by atoms with Crippen LogP contribution in [0.25, 0.3) is 0 Å². The number of amides is 6. The number of carboxylic acid groups (broad SMARTS) is 1. The normalized spacial score (nSPS) is 32.6. The second-order valence-corrected chi connectivity index (χ2v) is 23.1. The molecule has 1 saturated heterocycles. The Bertz CT molecular complexity index is 2950. The van der Waals surface area contributed by atoms with Crippen LogP contribution in [0.5, 0.6) is 0 Å². The number of nitrogens with one attached hydrogen (secondary N) is 4. The maximum absolute atomic E-state index is 14.0. The van der Waals surface area contributed by atoms with Crippen LogP contribution < -0.4 is 21.3 Å². The first kappa shape index (κ1) is 54.9. The first-order chi connectivity index (χ1) is 37.6. The molecule has 6 amide bonds. The van der Waals surface area contributed by atoms with Crippen LogP contribution >= 0.6 is 0 Å². The topological polar surface area (TPSA) is 320 Å². The molecule has 0 radical (unpaired) electrons. The number of anilines is 1. The summed E-state index contributed by atoms with van der Waals surface area (Å²) in [6.07, 6.45) is 8.02. The van der Waals surface area contributed by atoms with Gasteiger partial charge < -0.3 is 55.6 Å². The second kappa shape index (κ2) is 21.0. The molecule has 2 bridgehead atoms. The Morgan fingerprint density at radius 3 is 2.25 bits per heavy atom. The summed E-state index contributed by atoms with van der Waals surface area (Å²) in [6.45, 7) is 2.72. The smallest absolute Gasteiger partial charge is 0.407 e. The molecule has 418 valence electrons. The third-order valence-corrected chi connectivity index (χ3v) is 18.0. The summed E-state index contributed by atoms with van der Waals surface area (Å²) in [4.78, 5) is 128. The number of ketones is 2. The van der Waals surface area contributed by atoms with Gasteiger partial charge in [0.2, 0.25) is 17.7 Å². The number of fused-ring (bicyclic) bond motifs is 7. The number of rotatable bonds is 20. The Balaban J connectivity index is 0.656. The van der Waals surface area contributed by atoms with Crippen LogP contribution in [-0.4, -0.2) is 122 Å². The number of benzene rings is 2. The number of aliphatic hydroxyl groups excluding tert-OH is 2. The predicted octanol–water partition coefficient (Wildman–Crippen LogP) is 3.25. The molecular formula is C57H63N5O17. The summed E-state index contributed by atoms with van der Waals surface area (Å²) in [5, 5.41) is 42.2. The Morgan fingerprint density at radius 1 is 0.873 bits per heavy atom. The number of imide groups is 1. The van der Waals surface area contributed by atoms with Gasteiger partial charge in [-0.3, -0.25) is 38.4 Å². The highest BCUT2D eigenvalue weighted by Gasteiger charge is 2.76. The molecule has 0 aromatic heterocycles. The minimum atomic E-state index is -1.45. The van der Waals surface area contributed by atoms with Gasteiger partial charge in [-0.1, -0.05) is 67.0 Å². The fourth-order valence-corrected chi connectivity index (χ4v) is 14.6. The van der Waals surface area contributed by atoms with Gasteiger partial charge >= 0.3 is 18.0 Å². The van der Waals surface area contributed by atoms with E-state index in [0.29, 0.717) is 24.1 Å². The summed E-state index contributed by atoms with van der Waals surface area (Å²) in [6, 6.07) is 13.0. The van der Waals surface area contributed by atoms with Crippen LogP contribution in [0.4, 0.5) is 10.5 Å². The van der Waals surface area contributed by atoms with Gasteiger partial charge in [-0.25, -0.2) is 9.59 Å². The van der Waals surface area contributed by atoms with Crippen molar-refractivity contribution in [2.75, 3.05) is 18.5 Å². The van der Waals surface area contributed by atoms with Gasteiger partial charge in [-0.05, 0) is 110 Å². The van der Waals surface area contributed by atoms with Crippen LogP contribution in [-0.2, 0) is 75.2 Å². The molecule has 22 heteroatoms. The number of hydrogen-bond acceptors (Lipinski definition) is 16. The summed E-state index contributed by atoms with van der Waals surface area (Å²) in [7, 11) is 0. The molecular weight excluding hydrogens is 1030 g/mol. The molecule has 0 unspecified atom stereocenters. The number of nitrogens with zero attached hydrogens (tertiary/aromatic N) is 1. The Morgan fingerprint density at radius 2 is 1.57 bits per heavy atom. The van der Waals surface area contributed by atoms with E-state index in [-0.39, 0.29) is 52.6 Å². The van der Waals surface area contributed by atoms with E-state index in [4.69, 9.17) is 14.2 Å². The summed E-state index contributed by atoms with van der Waals surface area (Å²) in [5.41, 5.74) is 0.730. The molecule has 7 N–H and O–H groups in total. The SMILES string of the molecule is C[C@]12C=CC(=O)C=C1CC[C@@H]1[C@@H]2[C@@H](O)C[C@@]2(C)[C@H]1C[C@H]1O[C@@H](c3ccc(CC45CC(NC(=O)OCc6ccc(NC(=O)[C@H](CCC(=O)O)NC(=O)CNC(=O)CCC(=O)ON7C(=O)C=CC7=O)cc6)(C4)C5)cc3)O[C@]12C(=O)CO. The van der Waals surface area contributed by atoms with E-state index in [2.05, 4.69) is 33.0 Å². The minimum Gasteiger partial charge on any atom is -0.481 e. The number of carbonyl (C=O) groups is 10. The van der Waals surface area contributed by atoms with E-state index in [1.807, 2.05) is 37.3 Å². The van der Waals surface area contributed by atoms with E-state index in [1.165, 1.54) is 0 Å². The van der Waals surface area contributed by atoms with Crippen molar-refractivity contribution in [1.82, 2.24) is 21.0 Å². The summed E-state index contributed by atoms with van der Waals surface area (Å²) >= 11 is 0.